The average Bonchev–Trinajstić information content (AvgIpc) is 2.98. The molecule has 1 aliphatic rings. The van der Waals surface area contributed by atoms with Gasteiger partial charge in [-0.25, -0.2) is 0 Å². The fourth-order valence-corrected chi connectivity index (χ4v) is 2.86. The van der Waals surface area contributed by atoms with Crippen molar-refractivity contribution in [3.63, 3.8) is 0 Å². The lowest BCUT2D eigenvalue weighted by Crippen LogP contribution is -2.49. The number of carbonyl (C=O) groups excluding carboxylic acids is 1. The summed E-state index contributed by atoms with van der Waals surface area (Å²) in [7, 11) is 0. The van der Waals surface area contributed by atoms with E-state index in [0.29, 0.717) is 12.0 Å². The Morgan fingerprint density at radius 1 is 1.46 bits per heavy atom. The number of carboxylic acid groups (broad SMARTS) is 1. The fraction of sp³-hybridized carbons (Fsp3) is 0.333. The molecule has 1 unspecified atom stereocenters. The quantitative estimate of drug-likeness (QED) is 0.643. The smallest absolute Gasteiger partial charge is 0.305 e. The Morgan fingerprint density at radius 3 is 2.96 bits per heavy atom. The van der Waals surface area contributed by atoms with Crippen LogP contribution in [0.15, 0.2) is 24.3 Å². The largest absolute Gasteiger partial charge is 0.481 e. The number of nitro benzene ring substituents is 1. The van der Waals surface area contributed by atoms with Crippen LogP contribution in [0.1, 0.15) is 16.9 Å². The van der Waals surface area contributed by atoms with Gasteiger partial charge in [0.05, 0.1) is 30.6 Å². The molecule has 1 aromatic heterocycles. The second-order valence-corrected chi connectivity index (χ2v) is 5.51. The van der Waals surface area contributed by atoms with Gasteiger partial charge in [0.15, 0.2) is 0 Å². The minimum Gasteiger partial charge on any atom is -0.481 e. The van der Waals surface area contributed by atoms with E-state index in [0.717, 1.165) is 0 Å². The number of carboxylic acids is 1. The normalized spacial score (nSPS) is 17.8. The minimum atomic E-state index is -1.02. The number of nitrogens with zero attached hydrogens (tertiary/aromatic N) is 2. The predicted molar refractivity (Wildman–Crippen MR) is 82.8 cm³/mol. The number of nitrogens with one attached hydrogen (secondary N) is 1. The van der Waals surface area contributed by atoms with Gasteiger partial charge in [0.2, 0.25) is 0 Å². The van der Waals surface area contributed by atoms with Crippen LogP contribution < -0.4 is 0 Å². The first-order chi connectivity index (χ1) is 11.5. The molecule has 9 nitrogen and oxygen atoms in total. The van der Waals surface area contributed by atoms with Crippen LogP contribution >= 0.6 is 0 Å². The van der Waals surface area contributed by atoms with E-state index in [1.54, 1.807) is 12.1 Å². The molecule has 0 bridgehead atoms. The lowest BCUT2D eigenvalue weighted by atomic mass is 10.1. The van der Waals surface area contributed by atoms with Crippen LogP contribution in [0.3, 0.4) is 0 Å². The Morgan fingerprint density at radius 2 is 2.25 bits per heavy atom. The number of hydrogen-bond acceptors (Lipinski definition) is 5. The molecule has 1 fully saturated rings. The van der Waals surface area contributed by atoms with E-state index in [2.05, 4.69) is 4.98 Å². The number of benzene rings is 1. The summed E-state index contributed by atoms with van der Waals surface area (Å²) in [5, 5.41) is 20.6. The Bertz CT molecular complexity index is 815. The van der Waals surface area contributed by atoms with Gasteiger partial charge in [-0.2, -0.15) is 0 Å². The first-order valence-corrected chi connectivity index (χ1v) is 7.34. The highest BCUT2D eigenvalue weighted by Crippen LogP contribution is 2.26. The van der Waals surface area contributed by atoms with Crippen molar-refractivity contribution in [3.8, 4) is 0 Å². The van der Waals surface area contributed by atoms with E-state index < -0.39 is 22.8 Å². The molecule has 0 saturated carbocycles. The zero-order valence-corrected chi connectivity index (χ0v) is 12.6. The number of carbonyl (C=O) groups is 2. The summed E-state index contributed by atoms with van der Waals surface area (Å²) in [6, 6.07) is 5.55. The van der Waals surface area contributed by atoms with E-state index >= 15 is 0 Å². The molecule has 24 heavy (non-hydrogen) atoms. The van der Waals surface area contributed by atoms with Gasteiger partial charge in [-0.05, 0) is 6.07 Å². The van der Waals surface area contributed by atoms with Crippen molar-refractivity contribution >= 4 is 28.5 Å². The molecule has 1 atom stereocenters. The maximum atomic E-state index is 12.7. The number of non-ortho nitro benzene ring substituents is 1. The summed E-state index contributed by atoms with van der Waals surface area (Å²) in [4.78, 5) is 38.5. The number of aromatic amines is 1. The number of fused-ring (bicyclic) bond motifs is 1. The number of nitro groups is 1. The molecular formula is C15H15N3O6. The van der Waals surface area contributed by atoms with Gasteiger partial charge in [-0.15, -0.1) is 0 Å². The third-order valence-corrected chi connectivity index (χ3v) is 3.96. The van der Waals surface area contributed by atoms with E-state index in [4.69, 9.17) is 9.84 Å². The van der Waals surface area contributed by atoms with Gasteiger partial charge in [-0.1, -0.05) is 12.1 Å². The second kappa shape index (κ2) is 6.28. The average molecular weight is 333 g/mol. The molecule has 0 aliphatic carbocycles. The number of H-pyrrole nitrogens is 1. The minimum absolute atomic E-state index is 0.115. The highest BCUT2D eigenvalue weighted by Gasteiger charge is 2.31. The third-order valence-electron chi connectivity index (χ3n) is 3.96. The zero-order valence-electron chi connectivity index (χ0n) is 12.6. The molecule has 2 aromatic rings. The van der Waals surface area contributed by atoms with Crippen molar-refractivity contribution < 1.29 is 24.4 Å². The molecule has 0 spiro atoms. The number of hydrogen-bond donors (Lipinski definition) is 2. The molecule has 3 rings (SSSR count). The maximum absolute atomic E-state index is 12.7. The summed E-state index contributed by atoms with van der Waals surface area (Å²) < 4.78 is 5.25. The van der Waals surface area contributed by atoms with Crippen LogP contribution in [0, 0.1) is 10.1 Å². The van der Waals surface area contributed by atoms with E-state index in [1.165, 1.54) is 17.0 Å². The Balaban J connectivity index is 1.94. The number of ether oxygens (including phenoxy) is 1. The van der Waals surface area contributed by atoms with Gasteiger partial charge in [0, 0.05) is 18.0 Å². The Labute approximate surface area is 136 Å². The van der Waals surface area contributed by atoms with Crippen LogP contribution in [0.4, 0.5) is 5.69 Å². The lowest BCUT2D eigenvalue weighted by molar-refractivity contribution is -0.383. The monoisotopic (exact) mass is 333 g/mol. The third kappa shape index (κ3) is 2.93. The standard InChI is InChI=1S/C15H15N3O6/c19-13(20)7-10-8-24-5-4-17(10)15(21)11-6-9-2-1-3-12(18(22)23)14(9)16-11/h1-3,6,10,16H,4-5,7-8H2,(H,19,20). The van der Waals surface area contributed by atoms with Crippen LogP contribution in [0.25, 0.3) is 10.9 Å². The second-order valence-electron chi connectivity index (χ2n) is 5.51. The first kappa shape index (κ1) is 15.9. The zero-order chi connectivity index (χ0) is 17.3. The van der Waals surface area contributed by atoms with Crippen LogP contribution in [0.5, 0.6) is 0 Å². The van der Waals surface area contributed by atoms with Crippen molar-refractivity contribution in [1.29, 1.82) is 0 Å². The highest BCUT2D eigenvalue weighted by molar-refractivity contribution is 6.00. The maximum Gasteiger partial charge on any atom is 0.305 e. The van der Waals surface area contributed by atoms with E-state index in [9.17, 15) is 19.7 Å². The summed E-state index contributed by atoms with van der Waals surface area (Å²) >= 11 is 0. The van der Waals surface area contributed by atoms with Gasteiger partial charge >= 0.3 is 5.97 Å². The van der Waals surface area contributed by atoms with E-state index in [1.807, 2.05) is 0 Å². The molecule has 1 saturated heterocycles. The van der Waals surface area contributed by atoms with Crippen LogP contribution in [-0.2, 0) is 9.53 Å². The Hall–Kier alpha value is -2.94. The molecule has 0 radical (unpaired) electrons. The SMILES string of the molecule is O=C(O)CC1COCCN1C(=O)c1cc2cccc([N+](=O)[O-])c2[nH]1. The number of amides is 1. The molecule has 1 aliphatic heterocycles. The van der Waals surface area contributed by atoms with Gasteiger partial charge in [-0.3, -0.25) is 19.7 Å². The number of morpholine rings is 1. The van der Waals surface area contributed by atoms with Crippen molar-refractivity contribution in [2.45, 2.75) is 12.5 Å². The van der Waals surface area contributed by atoms with E-state index in [-0.39, 0.29) is 36.5 Å². The summed E-state index contributed by atoms with van der Waals surface area (Å²) in [6.45, 7) is 0.745. The molecule has 9 heteroatoms. The van der Waals surface area contributed by atoms with Crippen LogP contribution in [-0.4, -0.2) is 57.6 Å². The fourth-order valence-electron chi connectivity index (χ4n) is 2.86. The van der Waals surface area contributed by atoms with Crippen molar-refractivity contribution in [3.05, 3.63) is 40.1 Å². The summed E-state index contributed by atoms with van der Waals surface area (Å²) in [5.41, 5.74) is 0.348. The van der Waals surface area contributed by atoms with Gasteiger partial charge in [0.1, 0.15) is 11.2 Å². The number of aromatic nitrogens is 1. The number of para-hydroxylation sites is 1. The molecule has 1 aromatic carbocycles. The molecule has 2 N–H and O–H groups in total. The molecule has 126 valence electrons. The molecule has 2 heterocycles. The lowest BCUT2D eigenvalue weighted by Gasteiger charge is -2.34. The van der Waals surface area contributed by atoms with Crippen molar-refractivity contribution in [2.24, 2.45) is 0 Å². The molecular weight excluding hydrogens is 318 g/mol. The van der Waals surface area contributed by atoms with Gasteiger partial charge < -0.3 is 19.7 Å². The highest BCUT2D eigenvalue weighted by atomic mass is 16.6. The van der Waals surface area contributed by atoms with Gasteiger partial charge in [0.25, 0.3) is 11.6 Å². The summed E-state index contributed by atoms with van der Waals surface area (Å²) in [5.74, 6) is -1.41. The molecule has 1 amide bonds. The summed E-state index contributed by atoms with van der Waals surface area (Å²) in [6.07, 6.45) is -0.216. The topological polar surface area (TPSA) is 126 Å². The van der Waals surface area contributed by atoms with Crippen LogP contribution in [0.2, 0.25) is 0 Å². The predicted octanol–water partition coefficient (Wildman–Crippen LogP) is 1.39. The van der Waals surface area contributed by atoms with Crippen molar-refractivity contribution in [1.82, 2.24) is 9.88 Å². The Kier molecular flexibility index (Phi) is 4.17. The number of aliphatic carboxylic acids is 1. The van der Waals surface area contributed by atoms with Crippen molar-refractivity contribution in [2.75, 3.05) is 19.8 Å². The first-order valence-electron chi connectivity index (χ1n) is 7.34. The number of rotatable bonds is 4.